The molecular weight excluding hydrogens is 182 g/mol. The number of oxime groups is 1. The van der Waals surface area contributed by atoms with E-state index in [1.165, 1.54) is 0 Å². The van der Waals surface area contributed by atoms with Crippen LogP contribution in [0.3, 0.4) is 0 Å². The van der Waals surface area contributed by atoms with Crippen LogP contribution >= 0.6 is 0 Å². The summed E-state index contributed by atoms with van der Waals surface area (Å²) in [5, 5.41) is 23.2. The maximum absolute atomic E-state index is 8.87. The third-order valence-corrected chi connectivity index (χ3v) is 2.12. The van der Waals surface area contributed by atoms with E-state index in [0.717, 1.165) is 0 Å². The van der Waals surface area contributed by atoms with Crippen LogP contribution < -0.4 is 11.1 Å². The lowest BCUT2D eigenvalue weighted by Gasteiger charge is -2.31. The number of aliphatic hydroxyl groups is 1. The smallest absolute Gasteiger partial charge is 0.153 e. The predicted molar refractivity (Wildman–Crippen MR) is 56.4 cm³/mol. The third-order valence-electron chi connectivity index (χ3n) is 2.12. The van der Waals surface area contributed by atoms with Crippen molar-refractivity contribution in [1.82, 2.24) is 5.32 Å². The standard InChI is InChI=1S/C9H21N3O2/c1-9(2,3)7(4-5-13)11-6-8(10)12-14/h7,11,13-14H,4-6H2,1-3H3,(H2,10,12). The quantitative estimate of drug-likeness (QED) is 0.221. The lowest BCUT2D eigenvalue weighted by Crippen LogP contribution is -2.44. The second-order valence-corrected chi connectivity index (χ2v) is 4.40. The van der Waals surface area contributed by atoms with Gasteiger partial charge in [-0.05, 0) is 11.8 Å². The van der Waals surface area contributed by atoms with Crippen molar-refractivity contribution in [3.8, 4) is 0 Å². The molecule has 0 saturated heterocycles. The van der Waals surface area contributed by atoms with Gasteiger partial charge in [0.15, 0.2) is 5.84 Å². The van der Waals surface area contributed by atoms with E-state index in [2.05, 4.69) is 31.2 Å². The molecule has 1 unspecified atom stereocenters. The molecule has 0 radical (unpaired) electrons. The highest BCUT2D eigenvalue weighted by Crippen LogP contribution is 2.21. The molecule has 0 aromatic carbocycles. The average molecular weight is 203 g/mol. The zero-order valence-electron chi connectivity index (χ0n) is 9.12. The van der Waals surface area contributed by atoms with Gasteiger partial charge in [-0.15, -0.1) is 0 Å². The first-order valence-corrected chi connectivity index (χ1v) is 4.72. The van der Waals surface area contributed by atoms with E-state index in [-0.39, 0.29) is 23.9 Å². The predicted octanol–water partition coefficient (Wildman–Crippen LogP) is 0.120. The Morgan fingerprint density at radius 2 is 2.07 bits per heavy atom. The molecule has 0 heterocycles. The number of hydrogen-bond acceptors (Lipinski definition) is 4. The molecular formula is C9H21N3O2. The Bertz CT molecular complexity index is 187. The second kappa shape index (κ2) is 5.82. The fourth-order valence-electron chi connectivity index (χ4n) is 1.23. The molecule has 0 aliphatic carbocycles. The summed E-state index contributed by atoms with van der Waals surface area (Å²) < 4.78 is 0. The Morgan fingerprint density at radius 3 is 2.43 bits per heavy atom. The molecule has 14 heavy (non-hydrogen) atoms. The molecule has 0 aromatic rings. The summed E-state index contributed by atoms with van der Waals surface area (Å²) in [6.07, 6.45) is 0.655. The van der Waals surface area contributed by atoms with Crippen molar-refractivity contribution >= 4 is 5.84 Å². The molecule has 0 fully saturated rings. The van der Waals surface area contributed by atoms with Gasteiger partial charge in [0.1, 0.15) is 0 Å². The van der Waals surface area contributed by atoms with Gasteiger partial charge in [0, 0.05) is 12.6 Å². The summed E-state index contributed by atoms with van der Waals surface area (Å²) in [5.41, 5.74) is 5.38. The van der Waals surface area contributed by atoms with Crippen LogP contribution in [0.5, 0.6) is 0 Å². The summed E-state index contributed by atoms with van der Waals surface area (Å²) in [4.78, 5) is 0. The zero-order valence-corrected chi connectivity index (χ0v) is 9.12. The van der Waals surface area contributed by atoms with E-state index in [0.29, 0.717) is 13.0 Å². The zero-order chi connectivity index (χ0) is 11.2. The molecule has 0 aromatic heterocycles. The number of rotatable bonds is 5. The Balaban J connectivity index is 4.11. The molecule has 0 bridgehead atoms. The number of aliphatic hydroxyl groups excluding tert-OH is 1. The second-order valence-electron chi connectivity index (χ2n) is 4.40. The Hall–Kier alpha value is -0.810. The van der Waals surface area contributed by atoms with Crippen LogP contribution in [0.2, 0.25) is 0 Å². The fraction of sp³-hybridized carbons (Fsp3) is 0.889. The topological polar surface area (TPSA) is 90.9 Å². The Morgan fingerprint density at radius 1 is 1.50 bits per heavy atom. The van der Waals surface area contributed by atoms with Crippen molar-refractivity contribution in [2.75, 3.05) is 13.2 Å². The largest absolute Gasteiger partial charge is 0.409 e. The van der Waals surface area contributed by atoms with E-state index >= 15 is 0 Å². The number of hydrogen-bond donors (Lipinski definition) is 4. The number of nitrogens with one attached hydrogen (secondary N) is 1. The van der Waals surface area contributed by atoms with Crippen LogP contribution in [0.1, 0.15) is 27.2 Å². The third kappa shape index (κ3) is 5.04. The highest BCUT2D eigenvalue weighted by Gasteiger charge is 2.23. The van der Waals surface area contributed by atoms with Gasteiger partial charge < -0.3 is 21.4 Å². The minimum Gasteiger partial charge on any atom is -0.409 e. The highest BCUT2D eigenvalue weighted by molar-refractivity contribution is 5.81. The van der Waals surface area contributed by atoms with Gasteiger partial charge in [0.05, 0.1) is 6.54 Å². The van der Waals surface area contributed by atoms with Crippen LogP contribution in [0.25, 0.3) is 0 Å². The van der Waals surface area contributed by atoms with E-state index in [4.69, 9.17) is 16.0 Å². The van der Waals surface area contributed by atoms with E-state index in [9.17, 15) is 0 Å². The number of nitrogens with zero attached hydrogens (tertiary/aromatic N) is 1. The van der Waals surface area contributed by atoms with Crippen molar-refractivity contribution in [3.05, 3.63) is 0 Å². The van der Waals surface area contributed by atoms with Gasteiger partial charge in [-0.25, -0.2) is 0 Å². The Kier molecular flexibility index (Phi) is 5.49. The molecule has 5 N–H and O–H groups in total. The van der Waals surface area contributed by atoms with Crippen LogP contribution in [-0.2, 0) is 0 Å². The van der Waals surface area contributed by atoms with E-state index < -0.39 is 0 Å². The molecule has 0 saturated carbocycles. The molecule has 0 aliphatic rings. The van der Waals surface area contributed by atoms with Crippen molar-refractivity contribution in [1.29, 1.82) is 0 Å². The first-order chi connectivity index (χ1) is 6.41. The summed E-state index contributed by atoms with van der Waals surface area (Å²) in [6, 6.07) is 0.146. The van der Waals surface area contributed by atoms with Crippen LogP contribution in [0, 0.1) is 5.41 Å². The van der Waals surface area contributed by atoms with Crippen molar-refractivity contribution in [3.63, 3.8) is 0 Å². The molecule has 0 rings (SSSR count). The van der Waals surface area contributed by atoms with Crippen molar-refractivity contribution in [2.45, 2.75) is 33.2 Å². The number of nitrogens with two attached hydrogens (primary N) is 1. The minimum atomic E-state index is 0.0401. The molecule has 0 aliphatic heterocycles. The van der Waals surface area contributed by atoms with Crippen LogP contribution in [0.4, 0.5) is 0 Å². The lowest BCUT2D eigenvalue weighted by atomic mass is 9.85. The molecule has 0 amide bonds. The summed E-state index contributed by atoms with van der Waals surface area (Å²) in [6.45, 7) is 6.69. The lowest BCUT2D eigenvalue weighted by molar-refractivity contribution is 0.201. The molecule has 5 heteroatoms. The summed E-state index contributed by atoms with van der Waals surface area (Å²) in [7, 11) is 0. The van der Waals surface area contributed by atoms with Gasteiger partial charge in [0.25, 0.3) is 0 Å². The van der Waals surface area contributed by atoms with Gasteiger partial charge in [-0.1, -0.05) is 25.9 Å². The van der Waals surface area contributed by atoms with Crippen LogP contribution in [0.15, 0.2) is 5.16 Å². The summed E-state index contributed by atoms with van der Waals surface area (Å²) in [5.74, 6) is 0.150. The minimum absolute atomic E-state index is 0.0401. The van der Waals surface area contributed by atoms with Gasteiger partial charge >= 0.3 is 0 Å². The van der Waals surface area contributed by atoms with Gasteiger partial charge in [-0.3, -0.25) is 0 Å². The molecule has 5 nitrogen and oxygen atoms in total. The van der Waals surface area contributed by atoms with Gasteiger partial charge in [-0.2, -0.15) is 0 Å². The number of amidine groups is 1. The Labute approximate surface area is 85.0 Å². The SMILES string of the molecule is CC(C)(C)C(CCO)NCC(N)=NO. The maximum atomic E-state index is 8.87. The van der Waals surface area contributed by atoms with E-state index in [1.807, 2.05) is 0 Å². The summed E-state index contributed by atoms with van der Waals surface area (Å²) >= 11 is 0. The average Bonchev–Trinajstić information content (AvgIpc) is 2.09. The molecule has 1 atom stereocenters. The first-order valence-electron chi connectivity index (χ1n) is 4.72. The van der Waals surface area contributed by atoms with E-state index in [1.54, 1.807) is 0 Å². The molecule has 0 spiro atoms. The van der Waals surface area contributed by atoms with Crippen LogP contribution in [-0.4, -0.2) is 35.3 Å². The maximum Gasteiger partial charge on any atom is 0.153 e. The fourth-order valence-corrected chi connectivity index (χ4v) is 1.23. The molecule has 84 valence electrons. The van der Waals surface area contributed by atoms with Crippen molar-refractivity contribution < 1.29 is 10.3 Å². The monoisotopic (exact) mass is 203 g/mol. The van der Waals surface area contributed by atoms with Crippen molar-refractivity contribution in [2.24, 2.45) is 16.3 Å². The first kappa shape index (κ1) is 13.2. The highest BCUT2D eigenvalue weighted by atomic mass is 16.4. The van der Waals surface area contributed by atoms with Gasteiger partial charge in [0.2, 0.25) is 0 Å². The normalized spacial score (nSPS) is 15.6.